The molecule has 1 aliphatic rings. The molecule has 0 bridgehead atoms. The quantitative estimate of drug-likeness (QED) is 0.251. The summed E-state index contributed by atoms with van der Waals surface area (Å²) in [5.74, 6) is -0.576. The maximum absolute atomic E-state index is 13.4. The second kappa shape index (κ2) is 11.8. The minimum absolute atomic E-state index is 0. The Hall–Kier alpha value is -2.61. The zero-order chi connectivity index (χ0) is 25.2. The van der Waals surface area contributed by atoms with Gasteiger partial charge in [-0.2, -0.15) is 4.39 Å². The standard InChI is InChI=1S/C27H22Cl3FN4O.ClH/c28-19-3-4-24-22(14-19)23-16-34(8-1-2-17-10-20(29)13-21(30)11-17)9-6-25(23)35(24)27(36)33-15-18-5-7-32-26(31)12-18;/h1-5,7,10-14H,6,8-9,15-16H2,(H,33,36);1H/b2-1+;. The summed E-state index contributed by atoms with van der Waals surface area (Å²) < 4.78 is 15.2. The van der Waals surface area contributed by atoms with E-state index in [4.69, 9.17) is 34.8 Å². The number of amides is 1. The van der Waals surface area contributed by atoms with Crippen molar-refractivity contribution in [2.24, 2.45) is 0 Å². The van der Waals surface area contributed by atoms with Crippen molar-refractivity contribution in [2.45, 2.75) is 19.5 Å². The van der Waals surface area contributed by atoms with Gasteiger partial charge in [-0.3, -0.25) is 9.47 Å². The molecule has 5 rings (SSSR count). The number of carbonyl (C=O) groups is 1. The number of nitrogens with one attached hydrogen (secondary N) is 1. The van der Waals surface area contributed by atoms with Crippen molar-refractivity contribution in [3.63, 3.8) is 0 Å². The first-order chi connectivity index (χ1) is 17.4. The van der Waals surface area contributed by atoms with Crippen LogP contribution in [0.25, 0.3) is 17.0 Å². The van der Waals surface area contributed by atoms with Crippen molar-refractivity contribution in [3.8, 4) is 0 Å². The number of nitrogens with zero attached hydrogens (tertiary/aromatic N) is 3. The predicted molar refractivity (Wildman–Crippen MR) is 151 cm³/mol. The third-order valence-electron chi connectivity index (χ3n) is 6.19. The molecule has 0 radical (unpaired) electrons. The Labute approximate surface area is 235 Å². The second-order valence-electron chi connectivity index (χ2n) is 8.66. The van der Waals surface area contributed by atoms with E-state index in [9.17, 15) is 9.18 Å². The monoisotopic (exact) mass is 578 g/mol. The van der Waals surface area contributed by atoms with Gasteiger partial charge in [0.2, 0.25) is 5.95 Å². The summed E-state index contributed by atoms with van der Waals surface area (Å²) in [4.78, 5) is 19.1. The van der Waals surface area contributed by atoms with Gasteiger partial charge in [0.25, 0.3) is 0 Å². The van der Waals surface area contributed by atoms with Gasteiger partial charge in [0.15, 0.2) is 0 Å². The first-order valence-corrected chi connectivity index (χ1v) is 12.6. The van der Waals surface area contributed by atoms with Crippen molar-refractivity contribution in [3.05, 3.63) is 104 Å². The topological polar surface area (TPSA) is 50.2 Å². The molecule has 2 aromatic carbocycles. The first kappa shape index (κ1) is 27.4. The van der Waals surface area contributed by atoms with E-state index in [0.29, 0.717) is 33.6 Å². The van der Waals surface area contributed by atoms with Crippen LogP contribution in [0.1, 0.15) is 22.4 Å². The summed E-state index contributed by atoms with van der Waals surface area (Å²) in [5, 5.41) is 5.68. The number of rotatable bonds is 5. The van der Waals surface area contributed by atoms with Gasteiger partial charge in [0.05, 0.1) is 5.52 Å². The summed E-state index contributed by atoms with van der Waals surface area (Å²) in [6.45, 7) is 2.41. The maximum atomic E-state index is 13.4. The number of halogens is 5. The van der Waals surface area contributed by atoms with E-state index in [-0.39, 0.29) is 25.0 Å². The fraction of sp³-hybridized carbons (Fsp3) is 0.185. The molecule has 1 aliphatic heterocycles. The normalized spacial score (nSPS) is 13.5. The fourth-order valence-electron chi connectivity index (χ4n) is 4.59. The summed E-state index contributed by atoms with van der Waals surface area (Å²) >= 11 is 18.5. The number of fused-ring (bicyclic) bond motifs is 3. The highest BCUT2D eigenvalue weighted by Gasteiger charge is 2.26. The molecule has 10 heteroatoms. The Balaban J connectivity index is 0.00000320. The van der Waals surface area contributed by atoms with Crippen LogP contribution in [-0.2, 0) is 19.5 Å². The van der Waals surface area contributed by atoms with Gasteiger partial charge in [-0.15, -0.1) is 12.4 Å². The van der Waals surface area contributed by atoms with Crippen LogP contribution in [0, 0.1) is 5.95 Å². The van der Waals surface area contributed by atoms with E-state index in [2.05, 4.69) is 21.3 Å². The zero-order valence-electron chi connectivity index (χ0n) is 19.6. The van der Waals surface area contributed by atoms with E-state index in [1.807, 2.05) is 30.3 Å². The molecule has 5 nitrogen and oxygen atoms in total. The number of hydrogen-bond donors (Lipinski definition) is 1. The molecule has 1 N–H and O–H groups in total. The van der Waals surface area contributed by atoms with E-state index >= 15 is 0 Å². The van der Waals surface area contributed by atoms with Gasteiger partial charge in [0, 0.05) is 64.9 Å². The molecule has 3 heterocycles. The molecule has 0 saturated heterocycles. The fourth-order valence-corrected chi connectivity index (χ4v) is 5.31. The molecular formula is C27H23Cl4FN4O. The average Bonchev–Trinajstić information content (AvgIpc) is 3.15. The van der Waals surface area contributed by atoms with E-state index < -0.39 is 5.95 Å². The number of hydrogen-bond acceptors (Lipinski definition) is 3. The largest absolute Gasteiger partial charge is 0.333 e. The lowest BCUT2D eigenvalue weighted by Gasteiger charge is -2.27. The summed E-state index contributed by atoms with van der Waals surface area (Å²) in [6, 6.07) is 13.7. The highest BCUT2D eigenvalue weighted by atomic mass is 35.5. The van der Waals surface area contributed by atoms with Crippen LogP contribution >= 0.6 is 47.2 Å². The van der Waals surface area contributed by atoms with Crippen LogP contribution in [-0.4, -0.2) is 33.6 Å². The molecule has 1 amide bonds. The van der Waals surface area contributed by atoms with Gasteiger partial charge in [0.1, 0.15) is 0 Å². The van der Waals surface area contributed by atoms with Crippen molar-refractivity contribution in [1.29, 1.82) is 0 Å². The van der Waals surface area contributed by atoms with Crippen LogP contribution in [0.5, 0.6) is 0 Å². The van der Waals surface area contributed by atoms with Gasteiger partial charge >= 0.3 is 6.03 Å². The molecule has 0 spiro atoms. The number of benzene rings is 2. The SMILES string of the molecule is Cl.O=C(NCc1ccnc(F)c1)n1c2c(c3cc(Cl)ccc31)CN(C/C=C/c1cc(Cl)cc(Cl)c1)CC2. The van der Waals surface area contributed by atoms with Crippen LogP contribution in [0.4, 0.5) is 9.18 Å². The Morgan fingerprint density at radius 1 is 1.05 bits per heavy atom. The molecule has 0 atom stereocenters. The highest BCUT2D eigenvalue weighted by molar-refractivity contribution is 6.34. The summed E-state index contributed by atoms with van der Waals surface area (Å²) in [5.41, 5.74) is 4.44. The summed E-state index contributed by atoms with van der Waals surface area (Å²) in [7, 11) is 0. The minimum atomic E-state index is -0.576. The van der Waals surface area contributed by atoms with Gasteiger partial charge in [-0.05, 0) is 65.2 Å². The van der Waals surface area contributed by atoms with Crippen LogP contribution in [0.3, 0.4) is 0 Å². The third kappa shape index (κ3) is 6.28. The Kier molecular flexibility index (Phi) is 8.78. The predicted octanol–water partition coefficient (Wildman–Crippen LogP) is 7.39. The maximum Gasteiger partial charge on any atom is 0.326 e. The molecule has 37 heavy (non-hydrogen) atoms. The third-order valence-corrected chi connectivity index (χ3v) is 6.86. The zero-order valence-corrected chi connectivity index (χ0v) is 22.6. The van der Waals surface area contributed by atoms with Crippen molar-refractivity contribution < 1.29 is 9.18 Å². The molecule has 0 saturated carbocycles. The smallest absolute Gasteiger partial charge is 0.326 e. The Morgan fingerprint density at radius 2 is 1.84 bits per heavy atom. The van der Waals surface area contributed by atoms with Gasteiger partial charge < -0.3 is 5.32 Å². The number of pyridine rings is 1. The number of carbonyl (C=O) groups excluding carboxylic acids is 1. The molecule has 192 valence electrons. The Morgan fingerprint density at radius 3 is 2.59 bits per heavy atom. The van der Waals surface area contributed by atoms with Crippen LogP contribution < -0.4 is 5.32 Å². The Bertz CT molecular complexity index is 1470. The molecule has 2 aromatic heterocycles. The number of aromatic nitrogens is 2. The van der Waals surface area contributed by atoms with Crippen molar-refractivity contribution in [1.82, 2.24) is 19.8 Å². The van der Waals surface area contributed by atoms with E-state index in [0.717, 1.165) is 40.8 Å². The van der Waals surface area contributed by atoms with Crippen LogP contribution in [0.15, 0.2) is 60.8 Å². The van der Waals surface area contributed by atoms with Gasteiger partial charge in [-0.25, -0.2) is 9.78 Å². The molecule has 0 unspecified atom stereocenters. The lowest BCUT2D eigenvalue weighted by molar-refractivity contribution is 0.240. The lowest BCUT2D eigenvalue weighted by atomic mass is 10.0. The highest BCUT2D eigenvalue weighted by Crippen LogP contribution is 2.33. The second-order valence-corrected chi connectivity index (χ2v) is 9.97. The lowest BCUT2D eigenvalue weighted by Crippen LogP contribution is -2.34. The summed E-state index contributed by atoms with van der Waals surface area (Å²) in [6.07, 6.45) is 6.17. The van der Waals surface area contributed by atoms with E-state index in [1.54, 1.807) is 22.8 Å². The minimum Gasteiger partial charge on any atom is -0.333 e. The van der Waals surface area contributed by atoms with Crippen molar-refractivity contribution >= 4 is 70.2 Å². The van der Waals surface area contributed by atoms with Gasteiger partial charge in [-0.1, -0.05) is 47.0 Å². The molecule has 4 aromatic rings. The van der Waals surface area contributed by atoms with E-state index in [1.165, 1.54) is 12.3 Å². The first-order valence-electron chi connectivity index (χ1n) is 11.4. The molecular weight excluding hydrogens is 557 g/mol. The molecule has 0 aliphatic carbocycles. The van der Waals surface area contributed by atoms with Crippen molar-refractivity contribution in [2.75, 3.05) is 13.1 Å². The molecule has 0 fully saturated rings. The van der Waals surface area contributed by atoms with Crippen LogP contribution in [0.2, 0.25) is 15.1 Å². The average molecular weight is 580 g/mol.